The summed E-state index contributed by atoms with van der Waals surface area (Å²) in [6.07, 6.45) is 0.651. The molecule has 7 heteroatoms. The number of amides is 2. The lowest BCUT2D eigenvalue weighted by atomic mass is 10.1. The average molecular weight is 465 g/mol. The van der Waals surface area contributed by atoms with Gasteiger partial charge in [0.2, 0.25) is 11.8 Å². The molecule has 0 aromatic heterocycles. The SMILES string of the molecule is CC(C)CNC(=O)[C@@H](C)N(CCc1ccccc1)C(=O)CSCc1c(F)cccc1Cl. The maximum atomic E-state index is 14.0. The van der Waals surface area contributed by atoms with Crippen molar-refractivity contribution < 1.29 is 14.0 Å². The van der Waals surface area contributed by atoms with E-state index >= 15 is 0 Å². The molecule has 1 atom stereocenters. The van der Waals surface area contributed by atoms with E-state index in [2.05, 4.69) is 5.32 Å². The third-order valence-corrected chi connectivity index (χ3v) is 6.17. The summed E-state index contributed by atoms with van der Waals surface area (Å²) in [5, 5.41) is 3.25. The van der Waals surface area contributed by atoms with Crippen molar-refractivity contribution in [2.75, 3.05) is 18.8 Å². The Balaban J connectivity index is 2.02. The summed E-state index contributed by atoms with van der Waals surface area (Å²) < 4.78 is 14.0. The van der Waals surface area contributed by atoms with Crippen molar-refractivity contribution in [3.05, 3.63) is 70.5 Å². The molecule has 2 amide bonds. The van der Waals surface area contributed by atoms with E-state index in [1.54, 1.807) is 24.0 Å². The molecule has 2 aromatic rings. The second-order valence-electron chi connectivity index (χ2n) is 7.83. The van der Waals surface area contributed by atoms with Crippen molar-refractivity contribution in [1.82, 2.24) is 10.2 Å². The lowest BCUT2D eigenvalue weighted by Gasteiger charge is -2.29. The first-order valence-corrected chi connectivity index (χ1v) is 11.9. The lowest BCUT2D eigenvalue weighted by Crippen LogP contribution is -2.50. The van der Waals surface area contributed by atoms with Crippen LogP contribution in [0.1, 0.15) is 31.9 Å². The number of rotatable bonds is 11. The van der Waals surface area contributed by atoms with E-state index in [0.717, 1.165) is 5.56 Å². The number of nitrogens with zero attached hydrogens (tertiary/aromatic N) is 1. The van der Waals surface area contributed by atoms with Crippen LogP contribution in [0.25, 0.3) is 0 Å². The summed E-state index contributed by atoms with van der Waals surface area (Å²) >= 11 is 7.37. The smallest absolute Gasteiger partial charge is 0.242 e. The Morgan fingerprint density at radius 1 is 1.10 bits per heavy atom. The monoisotopic (exact) mass is 464 g/mol. The average Bonchev–Trinajstić information content (AvgIpc) is 2.74. The largest absolute Gasteiger partial charge is 0.354 e. The molecule has 2 aromatic carbocycles. The van der Waals surface area contributed by atoms with Gasteiger partial charge in [-0.1, -0.05) is 61.8 Å². The van der Waals surface area contributed by atoms with Crippen LogP contribution in [-0.4, -0.2) is 41.6 Å². The van der Waals surface area contributed by atoms with Gasteiger partial charge >= 0.3 is 0 Å². The van der Waals surface area contributed by atoms with Crippen molar-refractivity contribution >= 4 is 35.2 Å². The van der Waals surface area contributed by atoms with Gasteiger partial charge < -0.3 is 10.2 Å². The number of halogens is 2. The Bertz CT molecular complexity index is 844. The molecule has 0 saturated carbocycles. The van der Waals surface area contributed by atoms with Gasteiger partial charge in [0.05, 0.1) is 5.75 Å². The van der Waals surface area contributed by atoms with Gasteiger partial charge in [0.15, 0.2) is 0 Å². The van der Waals surface area contributed by atoms with Crippen LogP contribution in [-0.2, 0) is 21.8 Å². The van der Waals surface area contributed by atoms with Crippen LogP contribution in [0.15, 0.2) is 48.5 Å². The van der Waals surface area contributed by atoms with E-state index in [9.17, 15) is 14.0 Å². The van der Waals surface area contributed by atoms with E-state index in [4.69, 9.17) is 11.6 Å². The second-order valence-corrected chi connectivity index (χ2v) is 9.22. The Morgan fingerprint density at radius 3 is 2.45 bits per heavy atom. The number of hydrogen-bond acceptors (Lipinski definition) is 3. The van der Waals surface area contributed by atoms with Gasteiger partial charge in [-0.15, -0.1) is 11.8 Å². The van der Waals surface area contributed by atoms with Gasteiger partial charge in [-0.3, -0.25) is 9.59 Å². The highest BCUT2D eigenvalue weighted by Crippen LogP contribution is 2.24. The quantitative estimate of drug-likeness (QED) is 0.512. The van der Waals surface area contributed by atoms with Crippen LogP contribution in [0, 0.1) is 11.7 Å². The second kappa shape index (κ2) is 12.7. The minimum Gasteiger partial charge on any atom is -0.354 e. The van der Waals surface area contributed by atoms with Gasteiger partial charge in [0, 0.05) is 29.4 Å². The van der Waals surface area contributed by atoms with Gasteiger partial charge in [0.1, 0.15) is 11.9 Å². The summed E-state index contributed by atoms with van der Waals surface area (Å²) in [5.41, 5.74) is 1.49. The normalized spacial score (nSPS) is 11.9. The zero-order valence-electron chi connectivity index (χ0n) is 18.2. The highest BCUT2D eigenvalue weighted by Gasteiger charge is 2.25. The van der Waals surface area contributed by atoms with Crippen LogP contribution in [0.2, 0.25) is 5.02 Å². The molecule has 168 valence electrons. The summed E-state index contributed by atoms with van der Waals surface area (Å²) in [6.45, 7) is 6.78. The third kappa shape index (κ3) is 8.19. The molecule has 2 rings (SSSR count). The Hall–Kier alpha value is -2.05. The highest BCUT2D eigenvalue weighted by molar-refractivity contribution is 7.99. The van der Waals surface area contributed by atoms with Crippen LogP contribution < -0.4 is 5.32 Å². The van der Waals surface area contributed by atoms with E-state index in [1.165, 1.54) is 17.8 Å². The minimum absolute atomic E-state index is 0.140. The fraction of sp³-hybridized carbons (Fsp3) is 0.417. The molecule has 0 saturated heterocycles. The van der Waals surface area contributed by atoms with Crippen molar-refractivity contribution in [2.24, 2.45) is 5.92 Å². The zero-order chi connectivity index (χ0) is 22.8. The zero-order valence-corrected chi connectivity index (χ0v) is 19.8. The fourth-order valence-electron chi connectivity index (χ4n) is 3.02. The maximum absolute atomic E-state index is 14.0. The van der Waals surface area contributed by atoms with Crippen LogP contribution in [0.4, 0.5) is 4.39 Å². The van der Waals surface area contributed by atoms with Crippen molar-refractivity contribution in [3.8, 4) is 0 Å². The van der Waals surface area contributed by atoms with E-state index in [-0.39, 0.29) is 29.1 Å². The molecule has 0 aliphatic rings. The summed E-state index contributed by atoms with van der Waals surface area (Å²) in [4.78, 5) is 27.2. The predicted molar refractivity (Wildman–Crippen MR) is 127 cm³/mol. The summed E-state index contributed by atoms with van der Waals surface area (Å²) in [6, 6.07) is 13.8. The van der Waals surface area contributed by atoms with Crippen molar-refractivity contribution in [2.45, 2.75) is 39.0 Å². The molecule has 1 N–H and O–H groups in total. The first kappa shape index (κ1) is 25.2. The molecule has 0 unspecified atom stereocenters. The first-order valence-electron chi connectivity index (χ1n) is 10.4. The molecular formula is C24H30ClFN2O2S. The molecule has 0 radical (unpaired) electrons. The van der Waals surface area contributed by atoms with Gasteiger partial charge in [-0.05, 0) is 37.0 Å². The number of carbonyl (C=O) groups is 2. The van der Waals surface area contributed by atoms with E-state index in [0.29, 0.717) is 36.0 Å². The number of benzene rings is 2. The Labute approximate surface area is 193 Å². The van der Waals surface area contributed by atoms with Crippen LogP contribution >= 0.6 is 23.4 Å². The Morgan fingerprint density at radius 2 is 1.81 bits per heavy atom. The standard InChI is InChI=1S/C24H30ClFN2O2S/c1-17(2)14-27-24(30)18(3)28(13-12-19-8-5-4-6-9-19)23(29)16-31-15-20-21(25)10-7-11-22(20)26/h4-11,17-18H,12-16H2,1-3H3,(H,27,30)/t18-/m1/s1. The number of nitrogens with one attached hydrogen (secondary N) is 1. The minimum atomic E-state index is -0.590. The molecule has 0 heterocycles. The van der Waals surface area contributed by atoms with E-state index < -0.39 is 6.04 Å². The molecule has 0 spiro atoms. The highest BCUT2D eigenvalue weighted by atomic mass is 35.5. The topological polar surface area (TPSA) is 49.4 Å². The van der Waals surface area contributed by atoms with Crippen molar-refractivity contribution in [1.29, 1.82) is 0 Å². The summed E-state index contributed by atoms with van der Waals surface area (Å²) in [7, 11) is 0. The predicted octanol–water partition coefficient (Wildman–Crippen LogP) is 4.94. The molecule has 0 bridgehead atoms. The van der Waals surface area contributed by atoms with E-state index in [1.807, 2.05) is 44.2 Å². The molecule has 31 heavy (non-hydrogen) atoms. The Kier molecular flexibility index (Phi) is 10.3. The molecule has 0 fully saturated rings. The van der Waals surface area contributed by atoms with Gasteiger partial charge in [0.25, 0.3) is 0 Å². The van der Waals surface area contributed by atoms with Crippen LogP contribution in [0.3, 0.4) is 0 Å². The van der Waals surface area contributed by atoms with Crippen LogP contribution in [0.5, 0.6) is 0 Å². The molecule has 0 aliphatic carbocycles. The third-order valence-electron chi connectivity index (χ3n) is 4.87. The van der Waals surface area contributed by atoms with Gasteiger partial charge in [-0.2, -0.15) is 0 Å². The molecular weight excluding hydrogens is 435 g/mol. The fourth-order valence-corrected chi connectivity index (χ4v) is 4.27. The molecule has 4 nitrogen and oxygen atoms in total. The number of carbonyl (C=O) groups excluding carboxylic acids is 2. The molecule has 0 aliphatic heterocycles. The maximum Gasteiger partial charge on any atom is 0.242 e. The first-order chi connectivity index (χ1) is 14.8. The lowest BCUT2D eigenvalue weighted by molar-refractivity contribution is -0.138. The number of hydrogen-bond donors (Lipinski definition) is 1. The van der Waals surface area contributed by atoms with Crippen molar-refractivity contribution in [3.63, 3.8) is 0 Å². The number of thioether (sulfide) groups is 1. The summed E-state index contributed by atoms with van der Waals surface area (Å²) in [5.74, 6) is 0.0530. The van der Waals surface area contributed by atoms with Gasteiger partial charge in [-0.25, -0.2) is 4.39 Å².